The number of piperazine rings is 1. The summed E-state index contributed by atoms with van der Waals surface area (Å²) in [5.74, 6) is -1.30. The summed E-state index contributed by atoms with van der Waals surface area (Å²) in [5, 5.41) is 11.6. The van der Waals surface area contributed by atoms with Gasteiger partial charge in [-0.15, -0.1) is 0 Å². The average Bonchev–Trinajstić information content (AvgIpc) is 2.37. The van der Waals surface area contributed by atoms with Gasteiger partial charge in [-0.05, 0) is 18.3 Å². The fraction of sp³-hybridized carbons (Fsp3) is 0.833. The minimum atomic E-state index is -3.95. The van der Waals surface area contributed by atoms with E-state index in [4.69, 9.17) is 0 Å². The van der Waals surface area contributed by atoms with Crippen molar-refractivity contribution in [2.75, 3.05) is 26.2 Å². The lowest BCUT2D eigenvalue weighted by Gasteiger charge is -2.39. The van der Waals surface area contributed by atoms with Crippen molar-refractivity contribution in [3.8, 4) is 0 Å². The van der Waals surface area contributed by atoms with Gasteiger partial charge in [-0.3, -0.25) is 9.59 Å². The maximum atomic E-state index is 12.7. The highest BCUT2D eigenvalue weighted by Gasteiger charge is 2.43. The number of aliphatic carboxylic acids is 1. The van der Waals surface area contributed by atoms with E-state index >= 15 is 0 Å². The van der Waals surface area contributed by atoms with Crippen molar-refractivity contribution in [3.05, 3.63) is 0 Å². The van der Waals surface area contributed by atoms with Crippen molar-refractivity contribution < 1.29 is 23.1 Å². The molecule has 0 spiro atoms. The number of hydrogen-bond donors (Lipinski definition) is 2. The van der Waals surface area contributed by atoms with E-state index in [0.717, 1.165) is 10.7 Å². The van der Waals surface area contributed by atoms with E-state index in [-0.39, 0.29) is 18.4 Å². The Morgan fingerprint density at radius 1 is 1.29 bits per heavy atom. The Balaban J connectivity index is 2.27. The number of carboxylic acid groups (broad SMARTS) is 1. The summed E-state index contributed by atoms with van der Waals surface area (Å²) in [6.45, 7) is 4.00. The second-order valence-electron chi connectivity index (χ2n) is 5.97. The molecule has 2 aliphatic rings. The molecule has 3 atom stereocenters. The molecule has 0 aromatic carbocycles. The first kappa shape index (κ1) is 16.2. The van der Waals surface area contributed by atoms with Crippen LogP contribution < -0.4 is 5.32 Å². The Hall–Kier alpha value is -1.19. The number of carbonyl (C=O) groups is 2. The molecule has 0 radical (unpaired) electrons. The summed E-state index contributed by atoms with van der Waals surface area (Å²) in [6.07, 6.45) is 0.939. The third kappa shape index (κ3) is 3.35. The van der Waals surface area contributed by atoms with Gasteiger partial charge in [-0.2, -0.15) is 17.0 Å². The Bertz CT molecular complexity index is 525. The second-order valence-corrected chi connectivity index (χ2v) is 7.86. The van der Waals surface area contributed by atoms with Gasteiger partial charge in [0.2, 0.25) is 5.91 Å². The van der Waals surface area contributed by atoms with E-state index in [0.29, 0.717) is 13.1 Å². The molecule has 8 nitrogen and oxygen atoms in total. The molecule has 1 amide bonds. The smallest absolute Gasteiger partial charge is 0.323 e. The summed E-state index contributed by atoms with van der Waals surface area (Å²) < 4.78 is 27.5. The summed E-state index contributed by atoms with van der Waals surface area (Å²) in [6, 6.07) is -1.25. The van der Waals surface area contributed by atoms with Crippen LogP contribution in [-0.2, 0) is 19.8 Å². The highest BCUT2D eigenvalue weighted by Crippen LogP contribution is 2.26. The van der Waals surface area contributed by atoms with Crippen LogP contribution in [0.5, 0.6) is 0 Å². The van der Waals surface area contributed by atoms with Crippen LogP contribution in [0.2, 0.25) is 0 Å². The number of rotatable bonds is 3. The molecule has 3 unspecified atom stereocenters. The van der Waals surface area contributed by atoms with Crippen molar-refractivity contribution in [2.24, 2.45) is 11.8 Å². The van der Waals surface area contributed by atoms with Crippen molar-refractivity contribution >= 4 is 22.1 Å². The van der Waals surface area contributed by atoms with Gasteiger partial charge in [0.1, 0.15) is 6.04 Å². The third-order valence-corrected chi connectivity index (χ3v) is 5.81. The zero-order valence-corrected chi connectivity index (χ0v) is 13.0. The van der Waals surface area contributed by atoms with Gasteiger partial charge in [0.15, 0.2) is 0 Å². The molecule has 9 heteroatoms. The fourth-order valence-corrected chi connectivity index (χ4v) is 4.96. The fourth-order valence-electron chi connectivity index (χ4n) is 3.02. The number of amides is 1. The first-order chi connectivity index (χ1) is 9.71. The molecule has 0 aromatic heterocycles. The zero-order valence-electron chi connectivity index (χ0n) is 12.2. The molecule has 2 heterocycles. The molecule has 21 heavy (non-hydrogen) atoms. The van der Waals surface area contributed by atoms with Crippen molar-refractivity contribution in [2.45, 2.75) is 26.3 Å². The molecular formula is C12H21N3O5S. The Labute approximate surface area is 124 Å². The molecule has 0 aromatic rings. The molecule has 2 aliphatic heterocycles. The lowest BCUT2D eigenvalue weighted by Crippen LogP contribution is -2.62. The number of nitrogens with zero attached hydrogens (tertiary/aromatic N) is 2. The SMILES string of the molecule is CC1CC(C)CN(S(=O)(=O)N2CC(=O)NCC2C(=O)O)C1. The molecule has 2 fully saturated rings. The van der Waals surface area contributed by atoms with Gasteiger partial charge in [-0.25, -0.2) is 0 Å². The lowest BCUT2D eigenvalue weighted by atomic mass is 9.94. The molecule has 2 N–H and O–H groups in total. The topological polar surface area (TPSA) is 107 Å². The predicted octanol–water partition coefficient (Wildman–Crippen LogP) is -0.906. The lowest BCUT2D eigenvalue weighted by molar-refractivity contribution is -0.143. The second kappa shape index (κ2) is 5.90. The van der Waals surface area contributed by atoms with Gasteiger partial charge in [-0.1, -0.05) is 13.8 Å². The van der Waals surface area contributed by atoms with E-state index < -0.39 is 34.7 Å². The average molecular weight is 319 g/mol. The van der Waals surface area contributed by atoms with Crippen molar-refractivity contribution in [3.63, 3.8) is 0 Å². The van der Waals surface area contributed by atoms with Crippen LogP contribution in [0.3, 0.4) is 0 Å². The van der Waals surface area contributed by atoms with Gasteiger partial charge >= 0.3 is 5.97 Å². The van der Waals surface area contributed by atoms with Gasteiger partial charge < -0.3 is 10.4 Å². The monoisotopic (exact) mass is 319 g/mol. The maximum Gasteiger partial charge on any atom is 0.323 e. The number of carbonyl (C=O) groups excluding carboxylic acids is 1. The van der Waals surface area contributed by atoms with Gasteiger partial charge in [0.05, 0.1) is 6.54 Å². The predicted molar refractivity (Wildman–Crippen MR) is 74.6 cm³/mol. The zero-order chi connectivity index (χ0) is 15.8. The van der Waals surface area contributed by atoms with Crippen molar-refractivity contribution in [1.82, 2.24) is 13.9 Å². The van der Waals surface area contributed by atoms with Crippen molar-refractivity contribution in [1.29, 1.82) is 0 Å². The Morgan fingerprint density at radius 2 is 1.86 bits per heavy atom. The van der Waals surface area contributed by atoms with Gasteiger partial charge in [0.25, 0.3) is 10.2 Å². The van der Waals surface area contributed by atoms with Crippen LogP contribution in [0.25, 0.3) is 0 Å². The largest absolute Gasteiger partial charge is 0.480 e. The molecule has 0 bridgehead atoms. The quantitative estimate of drug-likeness (QED) is 0.700. The summed E-state index contributed by atoms with van der Waals surface area (Å²) in [4.78, 5) is 22.7. The van der Waals surface area contributed by atoms with Crippen LogP contribution in [-0.4, -0.2) is 66.2 Å². The normalized spacial score (nSPS) is 32.7. The number of hydrogen-bond acceptors (Lipinski definition) is 4. The molecule has 0 aliphatic carbocycles. The highest BCUT2D eigenvalue weighted by atomic mass is 32.2. The summed E-state index contributed by atoms with van der Waals surface area (Å²) >= 11 is 0. The molecule has 2 rings (SSSR count). The molecule has 2 saturated heterocycles. The first-order valence-electron chi connectivity index (χ1n) is 6.98. The number of carboxylic acids is 1. The van der Waals surface area contributed by atoms with E-state index in [2.05, 4.69) is 5.32 Å². The van der Waals surface area contributed by atoms with Crippen LogP contribution in [0.1, 0.15) is 20.3 Å². The van der Waals surface area contributed by atoms with Crippen LogP contribution in [0.4, 0.5) is 0 Å². The Kier molecular flexibility index (Phi) is 4.54. The standard InChI is InChI=1S/C12H21N3O5S/c1-8-3-9(2)6-14(5-8)21(19,20)15-7-11(16)13-4-10(15)12(17)18/h8-10H,3-7H2,1-2H3,(H,13,16)(H,17,18). The minimum Gasteiger partial charge on any atom is -0.480 e. The van der Waals surface area contributed by atoms with Crippen LogP contribution >= 0.6 is 0 Å². The van der Waals surface area contributed by atoms with E-state index in [1.165, 1.54) is 4.31 Å². The molecule has 0 saturated carbocycles. The van der Waals surface area contributed by atoms with Crippen LogP contribution in [0.15, 0.2) is 0 Å². The van der Waals surface area contributed by atoms with Crippen LogP contribution in [0, 0.1) is 11.8 Å². The molecular weight excluding hydrogens is 298 g/mol. The van der Waals surface area contributed by atoms with E-state index in [1.54, 1.807) is 0 Å². The summed E-state index contributed by atoms with van der Waals surface area (Å²) in [7, 11) is -3.95. The minimum absolute atomic E-state index is 0.202. The van der Waals surface area contributed by atoms with E-state index in [1.807, 2.05) is 13.8 Å². The first-order valence-corrected chi connectivity index (χ1v) is 8.38. The van der Waals surface area contributed by atoms with Gasteiger partial charge in [0, 0.05) is 19.6 Å². The maximum absolute atomic E-state index is 12.7. The highest BCUT2D eigenvalue weighted by molar-refractivity contribution is 7.86. The number of nitrogens with one attached hydrogen (secondary N) is 1. The Morgan fingerprint density at radius 3 is 2.38 bits per heavy atom. The third-order valence-electron chi connectivity index (χ3n) is 3.88. The van der Waals surface area contributed by atoms with E-state index in [9.17, 15) is 23.1 Å². The summed E-state index contributed by atoms with van der Waals surface area (Å²) in [5.41, 5.74) is 0. The number of piperidine rings is 1. The molecule has 120 valence electrons.